The van der Waals surface area contributed by atoms with Crippen molar-refractivity contribution >= 4 is 21.9 Å². The quantitative estimate of drug-likeness (QED) is 0.572. The number of thiophene rings is 1. The lowest BCUT2D eigenvalue weighted by Gasteiger charge is -2.10. The van der Waals surface area contributed by atoms with Crippen LogP contribution in [0.2, 0.25) is 0 Å². The molecule has 4 N–H and O–H groups in total. The molecule has 0 bridgehead atoms. The standard InChI is InChI=1S/C14H22N4S/c1-9(2)13-11(7-19-14(13)17-15)5-6-12-10(3)18(4)8-16-12/h7,16-17H,1,5-6,8,15H2,2-4H3. The summed E-state index contributed by atoms with van der Waals surface area (Å²) < 4.78 is 0. The van der Waals surface area contributed by atoms with Crippen molar-refractivity contribution in [1.82, 2.24) is 10.2 Å². The number of hydrogen-bond acceptors (Lipinski definition) is 5. The molecule has 5 heteroatoms. The molecule has 0 atom stereocenters. The van der Waals surface area contributed by atoms with Crippen molar-refractivity contribution in [3.05, 3.63) is 34.5 Å². The van der Waals surface area contributed by atoms with Crippen molar-refractivity contribution in [1.29, 1.82) is 0 Å². The third-order valence-corrected chi connectivity index (χ3v) is 4.57. The van der Waals surface area contributed by atoms with Crippen molar-refractivity contribution in [2.75, 3.05) is 19.1 Å². The van der Waals surface area contributed by atoms with Gasteiger partial charge in [-0.2, -0.15) is 0 Å². The van der Waals surface area contributed by atoms with Crippen LogP contribution in [0.5, 0.6) is 0 Å². The van der Waals surface area contributed by atoms with Gasteiger partial charge in [-0.3, -0.25) is 0 Å². The van der Waals surface area contributed by atoms with Crippen LogP contribution in [0.15, 0.2) is 23.4 Å². The van der Waals surface area contributed by atoms with E-state index in [4.69, 9.17) is 5.84 Å². The van der Waals surface area contributed by atoms with Crippen LogP contribution in [-0.4, -0.2) is 18.6 Å². The topological polar surface area (TPSA) is 53.3 Å². The van der Waals surface area contributed by atoms with E-state index in [-0.39, 0.29) is 0 Å². The van der Waals surface area contributed by atoms with Crippen LogP contribution < -0.4 is 16.6 Å². The number of rotatable bonds is 5. The van der Waals surface area contributed by atoms with Crippen molar-refractivity contribution < 1.29 is 0 Å². The number of nitrogen functional groups attached to an aromatic ring is 1. The van der Waals surface area contributed by atoms with Crippen LogP contribution in [-0.2, 0) is 6.42 Å². The zero-order valence-electron chi connectivity index (χ0n) is 11.8. The first-order chi connectivity index (χ1) is 9.04. The molecule has 2 heterocycles. The first kappa shape index (κ1) is 14.0. The molecule has 0 amide bonds. The Morgan fingerprint density at radius 1 is 1.58 bits per heavy atom. The van der Waals surface area contributed by atoms with Gasteiger partial charge >= 0.3 is 0 Å². The average molecular weight is 278 g/mol. The first-order valence-electron chi connectivity index (χ1n) is 6.42. The molecule has 0 saturated heterocycles. The summed E-state index contributed by atoms with van der Waals surface area (Å²) in [6.07, 6.45) is 2.03. The van der Waals surface area contributed by atoms with Gasteiger partial charge in [0.1, 0.15) is 5.00 Å². The van der Waals surface area contributed by atoms with Gasteiger partial charge < -0.3 is 15.6 Å². The molecule has 0 aliphatic carbocycles. The van der Waals surface area contributed by atoms with Crippen molar-refractivity contribution in [2.24, 2.45) is 5.84 Å². The van der Waals surface area contributed by atoms with E-state index in [0.29, 0.717) is 0 Å². The second-order valence-electron chi connectivity index (χ2n) is 4.99. The third-order valence-electron chi connectivity index (χ3n) is 3.61. The Morgan fingerprint density at radius 3 is 2.84 bits per heavy atom. The molecule has 0 unspecified atom stereocenters. The molecule has 4 nitrogen and oxygen atoms in total. The summed E-state index contributed by atoms with van der Waals surface area (Å²) in [5.74, 6) is 5.55. The highest BCUT2D eigenvalue weighted by atomic mass is 32.1. The number of aryl methyl sites for hydroxylation is 1. The van der Waals surface area contributed by atoms with E-state index in [9.17, 15) is 0 Å². The van der Waals surface area contributed by atoms with Gasteiger partial charge in [0.25, 0.3) is 0 Å². The van der Waals surface area contributed by atoms with E-state index < -0.39 is 0 Å². The van der Waals surface area contributed by atoms with E-state index in [1.807, 2.05) is 6.92 Å². The van der Waals surface area contributed by atoms with Crippen LogP contribution in [0, 0.1) is 0 Å². The minimum atomic E-state index is 0.910. The molecule has 1 aromatic rings. The number of hydrogen-bond donors (Lipinski definition) is 3. The van der Waals surface area contributed by atoms with Gasteiger partial charge in [-0.25, -0.2) is 5.84 Å². The van der Waals surface area contributed by atoms with E-state index in [2.05, 4.69) is 41.6 Å². The maximum absolute atomic E-state index is 5.55. The van der Waals surface area contributed by atoms with Crippen molar-refractivity contribution in [3.8, 4) is 0 Å². The van der Waals surface area contributed by atoms with Crippen LogP contribution in [0.4, 0.5) is 5.00 Å². The molecule has 0 radical (unpaired) electrons. The summed E-state index contributed by atoms with van der Waals surface area (Å²) in [6.45, 7) is 9.15. The number of anilines is 1. The number of nitrogens with one attached hydrogen (secondary N) is 2. The second-order valence-corrected chi connectivity index (χ2v) is 5.87. The zero-order valence-corrected chi connectivity index (χ0v) is 12.7. The molecule has 0 fully saturated rings. The van der Waals surface area contributed by atoms with Gasteiger partial charge in [-0.15, -0.1) is 11.3 Å². The molecular formula is C14H22N4S. The van der Waals surface area contributed by atoms with Gasteiger partial charge in [0.05, 0.1) is 6.67 Å². The number of nitrogens with two attached hydrogens (primary N) is 1. The predicted octanol–water partition coefficient (Wildman–Crippen LogP) is 2.72. The molecule has 1 aromatic heterocycles. The maximum atomic E-state index is 5.55. The number of allylic oxidation sites excluding steroid dienone is 3. The average Bonchev–Trinajstić information content (AvgIpc) is 2.93. The van der Waals surface area contributed by atoms with E-state index in [1.165, 1.54) is 22.5 Å². The Labute approximate surface area is 119 Å². The van der Waals surface area contributed by atoms with E-state index >= 15 is 0 Å². The fraction of sp³-hybridized carbons (Fsp3) is 0.429. The smallest absolute Gasteiger partial charge is 0.110 e. The minimum Gasteiger partial charge on any atom is -0.370 e. The molecule has 0 saturated carbocycles. The van der Waals surface area contributed by atoms with Crippen LogP contribution in [0.1, 0.15) is 31.4 Å². The highest BCUT2D eigenvalue weighted by molar-refractivity contribution is 7.14. The number of nitrogens with zero attached hydrogens (tertiary/aromatic N) is 1. The Kier molecular flexibility index (Phi) is 4.17. The molecule has 2 rings (SSSR count). The van der Waals surface area contributed by atoms with Gasteiger partial charge in [-0.1, -0.05) is 6.58 Å². The SMILES string of the molecule is C=C(C)c1c(CCC2=C(C)N(C)CN2)csc1NN. The lowest BCUT2D eigenvalue weighted by Crippen LogP contribution is -2.18. The van der Waals surface area contributed by atoms with Crippen molar-refractivity contribution in [2.45, 2.75) is 26.7 Å². The highest BCUT2D eigenvalue weighted by Crippen LogP contribution is 2.34. The van der Waals surface area contributed by atoms with Gasteiger partial charge in [0.15, 0.2) is 0 Å². The Balaban J connectivity index is 2.12. The third kappa shape index (κ3) is 2.77. The van der Waals surface area contributed by atoms with Crippen LogP contribution in [0.25, 0.3) is 5.57 Å². The fourth-order valence-corrected chi connectivity index (χ4v) is 3.36. The molecular weight excluding hydrogens is 256 g/mol. The van der Waals surface area contributed by atoms with E-state index in [1.54, 1.807) is 11.3 Å². The Hall–Kier alpha value is -1.46. The summed E-state index contributed by atoms with van der Waals surface area (Å²) in [6, 6.07) is 0. The maximum Gasteiger partial charge on any atom is 0.110 e. The van der Waals surface area contributed by atoms with Crippen LogP contribution in [0.3, 0.4) is 0 Å². The summed E-state index contributed by atoms with van der Waals surface area (Å²) in [5.41, 5.74) is 9.00. The summed E-state index contributed by atoms with van der Waals surface area (Å²) in [4.78, 5) is 2.23. The van der Waals surface area contributed by atoms with Gasteiger partial charge in [0.2, 0.25) is 0 Å². The second kappa shape index (κ2) is 5.67. The monoisotopic (exact) mass is 278 g/mol. The molecule has 0 aromatic carbocycles. The van der Waals surface area contributed by atoms with Crippen molar-refractivity contribution in [3.63, 3.8) is 0 Å². The van der Waals surface area contributed by atoms with E-state index in [0.717, 1.165) is 30.1 Å². The zero-order chi connectivity index (χ0) is 14.0. The Bertz CT molecular complexity index is 516. The molecule has 19 heavy (non-hydrogen) atoms. The summed E-state index contributed by atoms with van der Waals surface area (Å²) in [7, 11) is 2.11. The Morgan fingerprint density at radius 2 is 2.32 bits per heavy atom. The lowest BCUT2D eigenvalue weighted by molar-refractivity contribution is 0.442. The van der Waals surface area contributed by atoms with Gasteiger partial charge in [0, 0.05) is 24.0 Å². The molecule has 0 spiro atoms. The fourth-order valence-electron chi connectivity index (χ4n) is 2.37. The normalized spacial score (nSPS) is 14.8. The predicted molar refractivity (Wildman–Crippen MR) is 83.6 cm³/mol. The minimum absolute atomic E-state index is 0.910. The molecule has 104 valence electrons. The largest absolute Gasteiger partial charge is 0.370 e. The van der Waals surface area contributed by atoms with Gasteiger partial charge in [-0.05, 0) is 43.2 Å². The summed E-state index contributed by atoms with van der Waals surface area (Å²) in [5, 5.41) is 6.62. The molecule has 1 aliphatic heterocycles. The van der Waals surface area contributed by atoms with Crippen LogP contribution >= 0.6 is 11.3 Å². The lowest BCUT2D eigenvalue weighted by atomic mass is 10.0. The molecule has 1 aliphatic rings. The first-order valence-corrected chi connectivity index (χ1v) is 7.30. The number of hydrazine groups is 1. The highest BCUT2D eigenvalue weighted by Gasteiger charge is 2.16. The summed E-state index contributed by atoms with van der Waals surface area (Å²) >= 11 is 1.64.